The molecule has 0 radical (unpaired) electrons. The summed E-state index contributed by atoms with van der Waals surface area (Å²) >= 11 is 14.1. The molecule has 0 aromatic heterocycles. The Hall–Kier alpha value is -3.32. The predicted octanol–water partition coefficient (Wildman–Crippen LogP) is 10.6. The number of methoxy groups -OCH3 is 2. The number of carbonyl (C=O) groups is 4. The fourth-order valence-electron chi connectivity index (χ4n) is 7.68. The molecular formula is C40H36Br4O8. The first-order valence-corrected chi connectivity index (χ1v) is 19.7. The summed E-state index contributed by atoms with van der Waals surface area (Å²) in [6.45, 7) is 0. The Labute approximate surface area is 335 Å². The van der Waals surface area contributed by atoms with Crippen molar-refractivity contribution in [3.8, 4) is 22.3 Å². The molecule has 0 saturated heterocycles. The zero-order valence-electron chi connectivity index (χ0n) is 28.4. The molecule has 0 heterocycles. The number of halogens is 4. The maximum Gasteiger partial charge on any atom is 0.305 e. The van der Waals surface area contributed by atoms with Crippen molar-refractivity contribution >= 4 is 87.6 Å². The van der Waals surface area contributed by atoms with Gasteiger partial charge < -0.3 is 19.7 Å². The van der Waals surface area contributed by atoms with Crippen LogP contribution in [0.3, 0.4) is 0 Å². The predicted molar refractivity (Wildman–Crippen MR) is 212 cm³/mol. The second-order valence-electron chi connectivity index (χ2n) is 12.9. The van der Waals surface area contributed by atoms with Gasteiger partial charge in [-0.25, -0.2) is 0 Å². The van der Waals surface area contributed by atoms with Crippen molar-refractivity contribution in [1.82, 2.24) is 0 Å². The van der Waals surface area contributed by atoms with Gasteiger partial charge in [-0.3, -0.25) is 19.2 Å². The fourth-order valence-corrected chi connectivity index (χ4v) is 9.13. The minimum Gasteiger partial charge on any atom is -0.481 e. The summed E-state index contributed by atoms with van der Waals surface area (Å²) < 4.78 is 13.5. The molecule has 0 saturated carbocycles. The van der Waals surface area contributed by atoms with E-state index in [0.29, 0.717) is 25.7 Å². The zero-order valence-corrected chi connectivity index (χ0v) is 34.8. The molecule has 0 bridgehead atoms. The van der Waals surface area contributed by atoms with Crippen LogP contribution in [0.15, 0.2) is 90.7 Å². The molecule has 0 aliphatic heterocycles. The Morgan fingerprint density at radius 1 is 0.481 bits per heavy atom. The highest BCUT2D eigenvalue weighted by Crippen LogP contribution is 2.56. The molecule has 2 aliphatic carbocycles. The largest absolute Gasteiger partial charge is 0.481 e. The van der Waals surface area contributed by atoms with Crippen LogP contribution in [-0.2, 0) is 39.5 Å². The molecule has 0 amide bonds. The number of carbonyl (C=O) groups excluding carboxylic acids is 2. The smallest absolute Gasteiger partial charge is 0.305 e. The lowest BCUT2D eigenvalue weighted by molar-refractivity contribution is -0.141. The normalized spacial score (nSPS) is 13.8. The average Bonchev–Trinajstić information content (AvgIpc) is 3.53. The van der Waals surface area contributed by atoms with E-state index >= 15 is 0 Å². The maximum atomic E-state index is 11.9. The van der Waals surface area contributed by atoms with Gasteiger partial charge in [0.25, 0.3) is 0 Å². The third-order valence-electron chi connectivity index (χ3n) is 10.1. The molecule has 272 valence electrons. The lowest BCUT2D eigenvalue weighted by atomic mass is 9.71. The number of carboxylic acid groups (broad SMARTS) is 2. The Morgan fingerprint density at radius 2 is 0.731 bits per heavy atom. The van der Waals surface area contributed by atoms with E-state index in [-0.39, 0.29) is 37.6 Å². The van der Waals surface area contributed by atoms with Crippen LogP contribution >= 0.6 is 63.7 Å². The third-order valence-corrected chi connectivity index (χ3v) is 12.0. The second-order valence-corrected chi connectivity index (χ2v) is 16.5. The van der Waals surface area contributed by atoms with E-state index in [2.05, 4.69) is 88.0 Å². The van der Waals surface area contributed by atoms with Gasteiger partial charge in [-0.2, -0.15) is 0 Å². The van der Waals surface area contributed by atoms with Crippen molar-refractivity contribution in [1.29, 1.82) is 0 Å². The van der Waals surface area contributed by atoms with E-state index in [0.717, 1.165) is 62.4 Å². The number of benzene rings is 4. The van der Waals surface area contributed by atoms with Gasteiger partial charge in [0, 0.05) is 54.4 Å². The number of ether oxygens (including phenoxy) is 2. The molecule has 12 heteroatoms. The van der Waals surface area contributed by atoms with Gasteiger partial charge in [-0.1, -0.05) is 88.0 Å². The van der Waals surface area contributed by atoms with Gasteiger partial charge in [0.2, 0.25) is 0 Å². The standard InChI is InChI=1S/C21H20Br2O4.C19H16Br2O4/c1-26-19(24)7-9-21(10-8-20(25)27-2)17-11-13(22)3-5-15(17)16-6-4-14(23)12-18(16)21;20-11-1-3-13-14-4-2-12(21)10-16(14)19(15(13)9-11,7-5-17(22)23)8-6-18(24)25/h3-6,11-12H,7-10H2,1-2H3;1-4,9-10H,5-8H2,(H,22,23)(H,24,25). The topological polar surface area (TPSA) is 127 Å². The summed E-state index contributed by atoms with van der Waals surface area (Å²) in [5.41, 5.74) is 7.52. The minimum absolute atomic E-state index is 0.0163. The van der Waals surface area contributed by atoms with Gasteiger partial charge in [0.05, 0.1) is 14.2 Å². The molecule has 0 fully saturated rings. The van der Waals surface area contributed by atoms with Gasteiger partial charge in [0.1, 0.15) is 0 Å². The van der Waals surface area contributed by atoms with Gasteiger partial charge in [-0.15, -0.1) is 0 Å². The van der Waals surface area contributed by atoms with Crippen molar-refractivity contribution in [3.05, 3.63) is 113 Å². The number of aliphatic carboxylic acids is 2. The highest BCUT2D eigenvalue weighted by molar-refractivity contribution is 9.11. The van der Waals surface area contributed by atoms with Crippen molar-refractivity contribution in [2.24, 2.45) is 0 Å². The quantitative estimate of drug-likeness (QED) is 0.134. The molecule has 4 aromatic carbocycles. The summed E-state index contributed by atoms with van der Waals surface area (Å²) in [7, 11) is 2.79. The van der Waals surface area contributed by atoms with Crippen molar-refractivity contribution in [2.75, 3.05) is 14.2 Å². The van der Waals surface area contributed by atoms with Crippen LogP contribution in [0.4, 0.5) is 0 Å². The van der Waals surface area contributed by atoms with Crippen LogP contribution in [-0.4, -0.2) is 48.3 Å². The number of fused-ring (bicyclic) bond motifs is 6. The van der Waals surface area contributed by atoms with Crippen LogP contribution in [0.5, 0.6) is 0 Å². The molecular weight excluding hydrogens is 928 g/mol. The molecule has 0 spiro atoms. The van der Waals surface area contributed by atoms with E-state index in [1.165, 1.54) is 14.2 Å². The van der Waals surface area contributed by atoms with E-state index in [1.807, 2.05) is 48.5 Å². The van der Waals surface area contributed by atoms with Crippen LogP contribution in [0, 0.1) is 0 Å². The van der Waals surface area contributed by atoms with Crippen LogP contribution in [0.2, 0.25) is 0 Å². The molecule has 0 unspecified atom stereocenters. The Kier molecular flexibility index (Phi) is 12.9. The lowest BCUT2D eigenvalue weighted by Crippen LogP contribution is -2.28. The fraction of sp³-hybridized carbons (Fsp3) is 0.300. The van der Waals surface area contributed by atoms with Crippen molar-refractivity contribution in [3.63, 3.8) is 0 Å². The Balaban J connectivity index is 0.000000202. The van der Waals surface area contributed by atoms with Crippen LogP contribution in [0.1, 0.15) is 73.6 Å². The number of hydrogen-bond donors (Lipinski definition) is 2. The molecule has 0 atom stereocenters. The van der Waals surface area contributed by atoms with E-state index in [1.54, 1.807) is 0 Å². The van der Waals surface area contributed by atoms with Crippen molar-refractivity contribution < 1.29 is 38.9 Å². The first-order chi connectivity index (χ1) is 24.7. The van der Waals surface area contributed by atoms with E-state index in [4.69, 9.17) is 9.47 Å². The summed E-state index contributed by atoms with van der Waals surface area (Å²) in [6.07, 6.45) is 2.36. The van der Waals surface area contributed by atoms with E-state index < -0.39 is 22.8 Å². The zero-order chi connectivity index (χ0) is 37.8. The monoisotopic (exact) mass is 960 g/mol. The molecule has 52 heavy (non-hydrogen) atoms. The second kappa shape index (κ2) is 16.8. The van der Waals surface area contributed by atoms with Gasteiger partial charge >= 0.3 is 23.9 Å². The average molecular weight is 964 g/mol. The first-order valence-electron chi connectivity index (χ1n) is 16.5. The summed E-state index contributed by atoms with van der Waals surface area (Å²) in [5.74, 6) is -2.27. The summed E-state index contributed by atoms with van der Waals surface area (Å²) in [6, 6.07) is 24.3. The van der Waals surface area contributed by atoms with Crippen LogP contribution < -0.4 is 0 Å². The van der Waals surface area contributed by atoms with Crippen molar-refractivity contribution in [2.45, 2.75) is 62.2 Å². The summed E-state index contributed by atoms with van der Waals surface area (Å²) in [5, 5.41) is 18.5. The summed E-state index contributed by atoms with van der Waals surface area (Å²) in [4.78, 5) is 46.4. The molecule has 2 aliphatic rings. The maximum absolute atomic E-state index is 11.9. The highest BCUT2D eigenvalue weighted by Gasteiger charge is 2.45. The molecule has 8 nitrogen and oxygen atoms in total. The molecule has 2 N–H and O–H groups in total. The van der Waals surface area contributed by atoms with Gasteiger partial charge in [-0.05, 0) is 119 Å². The minimum atomic E-state index is -0.880. The third kappa shape index (κ3) is 8.25. The number of rotatable bonds is 12. The number of carboxylic acids is 2. The Morgan fingerprint density at radius 3 is 0.962 bits per heavy atom. The highest BCUT2D eigenvalue weighted by atomic mass is 79.9. The lowest BCUT2D eigenvalue weighted by Gasteiger charge is -2.32. The molecule has 4 aromatic rings. The van der Waals surface area contributed by atoms with Gasteiger partial charge in [0.15, 0.2) is 0 Å². The SMILES string of the molecule is COC(=O)CCC1(CCC(=O)OC)c2cc(Br)ccc2-c2ccc(Br)cc21.O=C(O)CCC1(CCC(=O)O)c2cc(Br)ccc2-c2ccc(Br)cc21. The Bertz CT molecular complexity index is 1900. The molecule has 6 rings (SSSR count). The first kappa shape index (κ1) is 39.9. The number of esters is 2. The number of hydrogen-bond acceptors (Lipinski definition) is 6. The van der Waals surface area contributed by atoms with E-state index in [9.17, 15) is 29.4 Å². The van der Waals surface area contributed by atoms with Crippen LogP contribution in [0.25, 0.3) is 22.3 Å².